The first-order valence-corrected chi connectivity index (χ1v) is 9.15. The first-order valence-electron chi connectivity index (χ1n) is 9.15. The quantitative estimate of drug-likeness (QED) is 0.798. The summed E-state index contributed by atoms with van der Waals surface area (Å²) in [6.07, 6.45) is 1.05. The number of rotatable bonds is 6. The van der Waals surface area contributed by atoms with Gasteiger partial charge in [-0.1, -0.05) is 12.1 Å². The van der Waals surface area contributed by atoms with Gasteiger partial charge in [0.05, 0.1) is 12.2 Å². The molecule has 1 amide bonds. The summed E-state index contributed by atoms with van der Waals surface area (Å²) in [5.74, 6) is 1.65. The molecular formula is C20H27N3O3. The highest BCUT2D eigenvalue weighted by Gasteiger charge is 2.25. The number of hydrogen-bond donors (Lipinski definition) is 0. The summed E-state index contributed by atoms with van der Waals surface area (Å²) in [6.45, 7) is 7.69. The van der Waals surface area contributed by atoms with E-state index in [2.05, 4.69) is 5.10 Å². The summed E-state index contributed by atoms with van der Waals surface area (Å²) in [6, 6.07) is 7.64. The number of carbonyl (C=O) groups excluding carboxylic acids is 1. The van der Waals surface area contributed by atoms with Crippen LogP contribution in [0.25, 0.3) is 0 Å². The second kappa shape index (κ2) is 7.81. The molecule has 0 saturated heterocycles. The summed E-state index contributed by atoms with van der Waals surface area (Å²) in [7, 11) is 1.93. The zero-order valence-corrected chi connectivity index (χ0v) is 16.0. The molecule has 2 heterocycles. The molecule has 0 radical (unpaired) electrons. The lowest BCUT2D eigenvalue weighted by atomic mass is 10.1. The van der Waals surface area contributed by atoms with Crippen LogP contribution in [0.5, 0.6) is 11.5 Å². The van der Waals surface area contributed by atoms with Gasteiger partial charge in [0, 0.05) is 25.7 Å². The average molecular weight is 357 g/mol. The highest BCUT2D eigenvalue weighted by molar-refractivity contribution is 5.76. The van der Waals surface area contributed by atoms with E-state index in [4.69, 9.17) is 9.47 Å². The van der Waals surface area contributed by atoms with Crippen molar-refractivity contribution in [3.05, 3.63) is 41.2 Å². The standard InChI is InChI=1S/C20H27N3O3/c1-5-23(12-16-13-25-18-8-6-7-9-19(18)26-16)20(24)11-10-17-14(2)21-22(4)15(17)3/h6-9,16H,5,10-13H2,1-4H3. The maximum absolute atomic E-state index is 12.7. The van der Waals surface area contributed by atoms with E-state index in [1.54, 1.807) is 0 Å². The molecule has 0 fully saturated rings. The molecule has 6 nitrogen and oxygen atoms in total. The number of amides is 1. The van der Waals surface area contributed by atoms with Gasteiger partial charge in [0.15, 0.2) is 17.6 Å². The van der Waals surface area contributed by atoms with E-state index in [1.807, 2.05) is 61.7 Å². The molecule has 0 bridgehead atoms. The summed E-state index contributed by atoms with van der Waals surface area (Å²) in [4.78, 5) is 14.5. The Morgan fingerprint density at radius 1 is 1.31 bits per heavy atom. The van der Waals surface area contributed by atoms with Crippen LogP contribution in [0, 0.1) is 13.8 Å². The maximum atomic E-state index is 12.7. The summed E-state index contributed by atoms with van der Waals surface area (Å²) < 4.78 is 13.6. The van der Waals surface area contributed by atoms with Gasteiger partial charge in [-0.3, -0.25) is 9.48 Å². The lowest BCUT2D eigenvalue weighted by Crippen LogP contribution is -2.43. The molecule has 1 aliphatic rings. The third-order valence-corrected chi connectivity index (χ3v) is 4.97. The molecular weight excluding hydrogens is 330 g/mol. The smallest absolute Gasteiger partial charge is 0.223 e. The molecule has 0 saturated carbocycles. The molecule has 3 rings (SSSR count). The average Bonchev–Trinajstić information content (AvgIpc) is 2.89. The van der Waals surface area contributed by atoms with Crippen molar-refractivity contribution in [2.24, 2.45) is 7.05 Å². The zero-order chi connectivity index (χ0) is 18.7. The molecule has 1 aromatic heterocycles. The van der Waals surface area contributed by atoms with Gasteiger partial charge >= 0.3 is 0 Å². The van der Waals surface area contributed by atoms with Gasteiger partial charge in [-0.2, -0.15) is 5.10 Å². The maximum Gasteiger partial charge on any atom is 0.223 e. The fraction of sp³-hybridized carbons (Fsp3) is 0.500. The van der Waals surface area contributed by atoms with Crippen molar-refractivity contribution in [1.82, 2.24) is 14.7 Å². The number of carbonyl (C=O) groups is 1. The van der Waals surface area contributed by atoms with Crippen LogP contribution in [0.1, 0.15) is 30.3 Å². The largest absolute Gasteiger partial charge is 0.486 e. The number of fused-ring (bicyclic) bond motifs is 1. The summed E-state index contributed by atoms with van der Waals surface area (Å²) in [5, 5.41) is 4.42. The van der Waals surface area contributed by atoms with Gasteiger partial charge in [-0.15, -0.1) is 0 Å². The van der Waals surface area contributed by atoms with Gasteiger partial charge in [0.1, 0.15) is 6.61 Å². The van der Waals surface area contributed by atoms with Crippen LogP contribution in [0.2, 0.25) is 0 Å². The number of aryl methyl sites for hydroxylation is 2. The Morgan fingerprint density at radius 3 is 2.69 bits per heavy atom. The van der Waals surface area contributed by atoms with E-state index in [-0.39, 0.29) is 12.0 Å². The van der Waals surface area contributed by atoms with Crippen molar-refractivity contribution in [1.29, 1.82) is 0 Å². The van der Waals surface area contributed by atoms with E-state index in [1.165, 1.54) is 5.56 Å². The SMILES string of the molecule is CCN(CC1COc2ccccc2O1)C(=O)CCc1c(C)nn(C)c1C. The predicted octanol–water partition coefficient (Wildman–Crippen LogP) is 2.66. The number of benzene rings is 1. The molecule has 1 atom stereocenters. The predicted molar refractivity (Wildman–Crippen MR) is 99.6 cm³/mol. The van der Waals surface area contributed by atoms with Crippen LogP contribution >= 0.6 is 0 Å². The Bertz CT molecular complexity index is 785. The van der Waals surface area contributed by atoms with Gasteiger partial charge in [0.2, 0.25) is 5.91 Å². The molecule has 26 heavy (non-hydrogen) atoms. The molecule has 1 aliphatic heterocycles. The van der Waals surface area contributed by atoms with E-state index in [9.17, 15) is 4.79 Å². The van der Waals surface area contributed by atoms with E-state index in [0.717, 1.165) is 22.9 Å². The van der Waals surface area contributed by atoms with Gasteiger partial charge in [-0.25, -0.2) is 0 Å². The lowest BCUT2D eigenvalue weighted by Gasteiger charge is -2.31. The molecule has 6 heteroatoms. The van der Waals surface area contributed by atoms with Crippen molar-refractivity contribution in [2.75, 3.05) is 19.7 Å². The molecule has 140 valence electrons. The summed E-state index contributed by atoms with van der Waals surface area (Å²) >= 11 is 0. The number of nitrogens with zero attached hydrogens (tertiary/aromatic N) is 3. The monoisotopic (exact) mass is 357 g/mol. The molecule has 0 N–H and O–H groups in total. The minimum absolute atomic E-state index is 0.137. The first kappa shape index (κ1) is 18.3. The number of hydrogen-bond acceptors (Lipinski definition) is 4. The van der Waals surface area contributed by atoms with Crippen LogP contribution in [0.4, 0.5) is 0 Å². The lowest BCUT2D eigenvalue weighted by molar-refractivity contribution is -0.132. The van der Waals surface area contributed by atoms with Crippen LogP contribution in [0.3, 0.4) is 0 Å². The van der Waals surface area contributed by atoms with Crippen molar-refractivity contribution >= 4 is 5.91 Å². The zero-order valence-electron chi connectivity index (χ0n) is 16.0. The topological polar surface area (TPSA) is 56.6 Å². The van der Waals surface area contributed by atoms with Crippen molar-refractivity contribution in [3.63, 3.8) is 0 Å². The third-order valence-electron chi connectivity index (χ3n) is 4.97. The molecule has 1 aromatic carbocycles. The third kappa shape index (κ3) is 3.84. The van der Waals surface area contributed by atoms with Crippen LogP contribution in [0.15, 0.2) is 24.3 Å². The normalized spacial score (nSPS) is 15.8. The fourth-order valence-electron chi connectivity index (χ4n) is 3.38. The molecule has 2 aromatic rings. The second-order valence-corrected chi connectivity index (χ2v) is 6.70. The Hall–Kier alpha value is -2.50. The number of para-hydroxylation sites is 2. The van der Waals surface area contributed by atoms with Crippen molar-refractivity contribution in [2.45, 2.75) is 39.7 Å². The van der Waals surface area contributed by atoms with Crippen LogP contribution in [-0.4, -0.2) is 46.4 Å². The highest BCUT2D eigenvalue weighted by atomic mass is 16.6. The van der Waals surface area contributed by atoms with Gasteiger partial charge in [0.25, 0.3) is 0 Å². The van der Waals surface area contributed by atoms with Crippen LogP contribution < -0.4 is 9.47 Å². The van der Waals surface area contributed by atoms with Crippen molar-refractivity contribution in [3.8, 4) is 11.5 Å². The Labute approximate surface area is 154 Å². The fourth-order valence-corrected chi connectivity index (χ4v) is 3.38. The molecule has 1 unspecified atom stereocenters. The Morgan fingerprint density at radius 2 is 2.04 bits per heavy atom. The van der Waals surface area contributed by atoms with Gasteiger partial charge in [-0.05, 0) is 44.9 Å². The molecule has 0 aliphatic carbocycles. The van der Waals surface area contributed by atoms with Crippen LogP contribution in [-0.2, 0) is 18.3 Å². The second-order valence-electron chi connectivity index (χ2n) is 6.70. The minimum Gasteiger partial charge on any atom is -0.486 e. The summed E-state index contributed by atoms with van der Waals surface area (Å²) in [5.41, 5.74) is 3.29. The Balaban J connectivity index is 1.58. The minimum atomic E-state index is -0.143. The number of likely N-dealkylation sites (N-methyl/N-ethyl adjacent to an activating group) is 1. The van der Waals surface area contributed by atoms with E-state index >= 15 is 0 Å². The highest BCUT2D eigenvalue weighted by Crippen LogP contribution is 2.31. The van der Waals surface area contributed by atoms with Gasteiger partial charge < -0.3 is 14.4 Å². The first-order chi connectivity index (χ1) is 12.5. The molecule has 0 spiro atoms. The van der Waals surface area contributed by atoms with E-state index in [0.29, 0.717) is 32.5 Å². The number of aromatic nitrogens is 2. The van der Waals surface area contributed by atoms with Crippen molar-refractivity contribution < 1.29 is 14.3 Å². The Kier molecular flexibility index (Phi) is 5.49. The van der Waals surface area contributed by atoms with E-state index < -0.39 is 0 Å². The number of ether oxygens (including phenoxy) is 2.